The van der Waals surface area contributed by atoms with Gasteiger partial charge in [-0.05, 0) is 24.1 Å². The summed E-state index contributed by atoms with van der Waals surface area (Å²) in [6.07, 6.45) is 1.66. The zero-order chi connectivity index (χ0) is 14.8. The zero-order valence-corrected chi connectivity index (χ0v) is 12.2. The number of rotatable bonds is 4. The Balaban J connectivity index is 2.25. The summed E-state index contributed by atoms with van der Waals surface area (Å²) in [4.78, 5) is 11.8. The van der Waals surface area contributed by atoms with Crippen molar-refractivity contribution >= 4 is 16.0 Å². The monoisotopic (exact) mass is 299 g/mol. The van der Waals surface area contributed by atoms with Gasteiger partial charge in [0.05, 0.1) is 25.9 Å². The minimum Gasteiger partial charge on any atom is -0.493 e. The maximum atomic E-state index is 11.8. The summed E-state index contributed by atoms with van der Waals surface area (Å²) < 4.78 is 34.9. The van der Waals surface area contributed by atoms with Crippen LogP contribution in [0.3, 0.4) is 0 Å². The molecule has 20 heavy (non-hydrogen) atoms. The normalized spacial score (nSPS) is 18.0. The van der Waals surface area contributed by atoms with E-state index in [2.05, 4.69) is 4.72 Å². The van der Waals surface area contributed by atoms with Gasteiger partial charge in [-0.15, -0.1) is 0 Å². The largest absolute Gasteiger partial charge is 0.493 e. The lowest BCUT2D eigenvalue weighted by Gasteiger charge is -2.24. The number of nitrogens with one attached hydrogen (secondary N) is 1. The van der Waals surface area contributed by atoms with E-state index in [1.54, 1.807) is 18.2 Å². The van der Waals surface area contributed by atoms with Gasteiger partial charge < -0.3 is 9.47 Å². The Morgan fingerprint density at radius 1 is 1.50 bits per heavy atom. The predicted molar refractivity (Wildman–Crippen MR) is 73.0 cm³/mol. The molecule has 0 bridgehead atoms. The lowest BCUT2D eigenvalue weighted by atomic mass is 9.92. The molecule has 1 aliphatic heterocycles. The fourth-order valence-corrected chi connectivity index (χ4v) is 2.58. The van der Waals surface area contributed by atoms with E-state index in [-0.39, 0.29) is 18.4 Å². The molecule has 7 heteroatoms. The van der Waals surface area contributed by atoms with Crippen LogP contribution in [0, 0.1) is 0 Å². The van der Waals surface area contributed by atoms with Crippen molar-refractivity contribution in [1.82, 2.24) is 4.72 Å². The summed E-state index contributed by atoms with van der Waals surface area (Å²) in [5, 5.41) is 0. The quantitative estimate of drug-likeness (QED) is 0.831. The van der Waals surface area contributed by atoms with Crippen molar-refractivity contribution in [3.8, 4) is 5.75 Å². The number of hydrogen-bond acceptors (Lipinski definition) is 5. The first-order chi connectivity index (χ1) is 9.40. The molecule has 1 aromatic carbocycles. The first-order valence-corrected chi connectivity index (χ1v) is 8.08. The maximum Gasteiger partial charge on any atom is 0.313 e. The zero-order valence-electron chi connectivity index (χ0n) is 11.4. The van der Waals surface area contributed by atoms with Crippen LogP contribution in [-0.2, 0) is 26.1 Å². The molecule has 0 radical (unpaired) electrons. The van der Waals surface area contributed by atoms with Crippen molar-refractivity contribution in [2.45, 2.75) is 18.9 Å². The highest BCUT2D eigenvalue weighted by molar-refractivity contribution is 7.88. The van der Waals surface area contributed by atoms with Crippen molar-refractivity contribution in [3.05, 3.63) is 29.3 Å². The minimum atomic E-state index is -3.25. The fourth-order valence-electron chi connectivity index (χ4n) is 2.16. The van der Waals surface area contributed by atoms with Crippen LogP contribution < -0.4 is 9.46 Å². The number of sulfonamides is 1. The molecule has 0 aromatic heterocycles. The van der Waals surface area contributed by atoms with E-state index in [9.17, 15) is 13.2 Å². The molecule has 0 aliphatic carbocycles. The average molecular weight is 299 g/mol. The second-order valence-electron chi connectivity index (χ2n) is 4.68. The van der Waals surface area contributed by atoms with Gasteiger partial charge in [0.1, 0.15) is 5.75 Å². The number of fused-ring (bicyclic) bond motifs is 1. The van der Waals surface area contributed by atoms with Crippen LogP contribution in [0.2, 0.25) is 0 Å². The summed E-state index contributed by atoms with van der Waals surface area (Å²) in [5.74, 6) is -0.0144. The molecule has 1 atom stereocenters. The lowest BCUT2D eigenvalue weighted by molar-refractivity contribution is -0.143. The van der Waals surface area contributed by atoms with E-state index in [1.807, 2.05) is 0 Å². The Hall–Kier alpha value is -1.60. The molecule has 0 saturated heterocycles. The van der Waals surface area contributed by atoms with Crippen molar-refractivity contribution in [1.29, 1.82) is 0 Å². The Kier molecular flexibility index (Phi) is 4.29. The van der Waals surface area contributed by atoms with E-state index < -0.39 is 10.0 Å². The summed E-state index contributed by atoms with van der Waals surface area (Å²) in [6.45, 7) is 0.647. The molecule has 1 heterocycles. The highest BCUT2D eigenvalue weighted by Gasteiger charge is 2.28. The molecular formula is C13H17NO5S. The van der Waals surface area contributed by atoms with Crippen LogP contribution in [-0.4, -0.2) is 34.4 Å². The van der Waals surface area contributed by atoms with Gasteiger partial charge in [-0.3, -0.25) is 4.79 Å². The van der Waals surface area contributed by atoms with Gasteiger partial charge >= 0.3 is 5.97 Å². The van der Waals surface area contributed by atoms with Crippen LogP contribution >= 0.6 is 0 Å². The van der Waals surface area contributed by atoms with Crippen molar-refractivity contribution in [2.75, 3.05) is 20.0 Å². The first kappa shape index (κ1) is 14.8. The number of carbonyl (C=O) groups excluding carboxylic acids is 1. The molecule has 110 valence electrons. The average Bonchev–Trinajstić information content (AvgIpc) is 2.42. The predicted octanol–water partition coefficient (Wildman–Crippen LogP) is 0.775. The number of hydrogen-bond donors (Lipinski definition) is 1. The highest BCUT2D eigenvalue weighted by Crippen LogP contribution is 2.35. The minimum absolute atomic E-state index is 0.181. The second-order valence-corrected chi connectivity index (χ2v) is 6.51. The van der Waals surface area contributed by atoms with Gasteiger partial charge in [0, 0.05) is 12.1 Å². The topological polar surface area (TPSA) is 81.7 Å². The molecule has 0 fully saturated rings. The third-order valence-corrected chi connectivity index (χ3v) is 3.81. The van der Waals surface area contributed by atoms with Crippen LogP contribution in [0.4, 0.5) is 0 Å². The maximum absolute atomic E-state index is 11.8. The molecule has 1 N–H and O–H groups in total. The van der Waals surface area contributed by atoms with Gasteiger partial charge in [-0.25, -0.2) is 13.1 Å². The smallest absolute Gasteiger partial charge is 0.313 e. The standard InChI is InChI=1S/C13H17NO5S/c1-18-13(15)10-5-6-19-12-4-3-9(7-11(10)12)8-14-20(2,16)17/h3-4,7,10,14H,5-6,8H2,1-2H3/t10-/m0/s1. The molecule has 0 spiro atoms. The fraction of sp³-hybridized carbons (Fsp3) is 0.462. The SMILES string of the molecule is COC(=O)[C@H]1CCOc2ccc(CNS(C)(=O)=O)cc21. The van der Waals surface area contributed by atoms with Crippen molar-refractivity contribution < 1.29 is 22.7 Å². The molecule has 0 unspecified atom stereocenters. The summed E-state index contributed by atoms with van der Waals surface area (Å²) >= 11 is 0. The highest BCUT2D eigenvalue weighted by atomic mass is 32.2. The third kappa shape index (κ3) is 3.49. The molecule has 0 saturated carbocycles. The Morgan fingerprint density at radius 2 is 2.25 bits per heavy atom. The summed E-state index contributed by atoms with van der Waals surface area (Å²) in [6, 6.07) is 5.31. The van der Waals surface area contributed by atoms with Gasteiger partial charge in [-0.2, -0.15) is 0 Å². The molecular weight excluding hydrogens is 282 g/mol. The molecule has 1 aliphatic rings. The number of esters is 1. The number of methoxy groups -OCH3 is 1. The first-order valence-electron chi connectivity index (χ1n) is 6.19. The summed E-state index contributed by atoms with van der Waals surface area (Å²) in [5.41, 5.74) is 1.52. The molecule has 0 amide bonds. The van der Waals surface area contributed by atoms with Crippen LogP contribution in [0.15, 0.2) is 18.2 Å². The molecule has 2 rings (SSSR count). The van der Waals surface area contributed by atoms with E-state index in [4.69, 9.17) is 9.47 Å². The second kappa shape index (κ2) is 5.80. The Labute approximate surface area is 118 Å². The van der Waals surface area contributed by atoms with Crippen molar-refractivity contribution in [2.24, 2.45) is 0 Å². The van der Waals surface area contributed by atoms with Gasteiger partial charge in [0.15, 0.2) is 0 Å². The number of benzene rings is 1. The van der Waals surface area contributed by atoms with E-state index in [1.165, 1.54) is 7.11 Å². The van der Waals surface area contributed by atoms with Crippen LogP contribution in [0.25, 0.3) is 0 Å². The van der Waals surface area contributed by atoms with E-state index in [0.29, 0.717) is 18.8 Å². The third-order valence-electron chi connectivity index (χ3n) is 3.14. The van der Waals surface area contributed by atoms with Crippen LogP contribution in [0.5, 0.6) is 5.75 Å². The molecule has 6 nitrogen and oxygen atoms in total. The van der Waals surface area contributed by atoms with E-state index in [0.717, 1.165) is 17.4 Å². The van der Waals surface area contributed by atoms with Gasteiger partial charge in [-0.1, -0.05) is 6.07 Å². The number of carbonyl (C=O) groups is 1. The van der Waals surface area contributed by atoms with Gasteiger partial charge in [0.2, 0.25) is 10.0 Å². The number of ether oxygens (including phenoxy) is 2. The molecule has 1 aromatic rings. The Bertz CT molecular complexity index is 611. The lowest BCUT2D eigenvalue weighted by Crippen LogP contribution is -2.24. The van der Waals surface area contributed by atoms with Crippen molar-refractivity contribution in [3.63, 3.8) is 0 Å². The Morgan fingerprint density at radius 3 is 2.90 bits per heavy atom. The summed E-state index contributed by atoms with van der Waals surface area (Å²) in [7, 11) is -1.90. The van der Waals surface area contributed by atoms with E-state index >= 15 is 0 Å². The van der Waals surface area contributed by atoms with Gasteiger partial charge in [0.25, 0.3) is 0 Å². The van der Waals surface area contributed by atoms with Crippen LogP contribution in [0.1, 0.15) is 23.5 Å².